The van der Waals surface area contributed by atoms with Crippen LogP contribution in [0.4, 0.5) is 5.82 Å². The fourth-order valence-corrected chi connectivity index (χ4v) is 1.95. The molecule has 0 amide bonds. The first-order valence-electron chi connectivity index (χ1n) is 5.02. The molecule has 1 N–H and O–H groups in total. The van der Waals surface area contributed by atoms with Crippen LogP contribution in [-0.4, -0.2) is 23.0 Å². The van der Waals surface area contributed by atoms with Gasteiger partial charge in [-0.2, -0.15) is 0 Å². The third kappa shape index (κ3) is 4.51. The Kier molecular flexibility index (Phi) is 4.88. The minimum Gasteiger partial charge on any atom is -0.495 e. The summed E-state index contributed by atoms with van der Waals surface area (Å²) in [6, 6.07) is 4.23. The van der Waals surface area contributed by atoms with Crippen molar-refractivity contribution in [3.8, 4) is 5.75 Å². The topological polar surface area (TPSA) is 34.1 Å². The third-order valence-electron chi connectivity index (χ3n) is 2.04. The van der Waals surface area contributed by atoms with Gasteiger partial charge in [0.05, 0.1) is 13.3 Å². The summed E-state index contributed by atoms with van der Waals surface area (Å²) < 4.78 is 5.04. The highest BCUT2D eigenvalue weighted by Crippen LogP contribution is 2.14. The summed E-state index contributed by atoms with van der Waals surface area (Å²) in [5.74, 6) is 1.67. The number of rotatable bonds is 5. The molecule has 0 aliphatic heterocycles. The van der Waals surface area contributed by atoms with E-state index in [0.29, 0.717) is 10.9 Å². The first kappa shape index (κ1) is 12.3. The van der Waals surface area contributed by atoms with Crippen LogP contribution in [0.5, 0.6) is 5.75 Å². The Morgan fingerprint density at radius 2 is 2.20 bits per heavy atom. The predicted octanol–water partition coefficient (Wildman–Crippen LogP) is 3.06. The molecular formula is C11H17BrN2O. The van der Waals surface area contributed by atoms with Gasteiger partial charge in [-0.3, -0.25) is 0 Å². The molecule has 0 aromatic carbocycles. The van der Waals surface area contributed by atoms with Crippen LogP contribution in [0.2, 0.25) is 0 Å². The standard InChI is InChI=1S/C11H17BrN2O/c1-8(12)6-9(2)14-11-5-4-10(15-3)7-13-11/h4-5,7-9H,6H2,1-3H3,(H,13,14). The van der Waals surface area contributed by atoms with Gasteiger partial charge in [0.25, 0.3) is 0 Å². The van der Waals surface area contributed by atoms with Gasteiger partial charge < -0.3 is 10.1 Å². The van der Waals surface area contributed by atoms with Crippen molar-refractivity contribution in [1.29, 1.82) is 0 Å². The van der Waals surface area contributed by atoms with Crippen molar-refractivity contribution in [2.45, 2.75) is 31.1 Å². The SMILES string of the molecule is COc1ccc(NC(C)CC(C)Br)nc1. The molecule has 1 aromatic rings. The van der Waals surface area contributed by atoms with E-state index in [2.05, 4.69) is 40.1 Å². The Morgan fingerprint density at radius 1 is 1.47 bits per heavy atom. The van der Waals surface area contributed by atoms with E-state index in [1.165, 1.54) is 0 Å². The van der Waals surface area contributed by atoms with Crippen molar-refractivity contribution in [2.75, 3.05) is 12.4 Å². The average molecular weight is 273 g/mol. The number of ether oxygens (including phenoxy) is 1. The molecule has 0 saturated carbocycles. The van der Waals surface area contributed by atoms with E-state index >= 15 is 0 Å². The average Bonchev–Trinajstić information content (AvgIpc) is 2.17. The lowest BCUT2D eigenvalue weighted by molar-refractivity contribution is 0.413. The molecule has 0 aliphatic carbocycles. The van der Waals surface area contributed by atoms with Crippen molar-refractivity contribution in [3.63, 3.8) is 0 Å². The summed E-state index contributed by atoms with van der Waals surface area (Å²) in [6.45, 7) is 4.28. The lowest BCUT2D eigenvalue weighted by Gasteiger charge is -2.15. The van der Waals surface area contributed by atoms with Gasteiger partial charge in [-0.1, -0.05) is 22.9 Å². The van der Waals surface area contributed by atoms with E-state index in [-0.39, 0.29) is 0 Å². The summed E-state index contributed by atoms with van der Waals surface area (Å²) in [5, 5.41) is 3.33. The lowest BCUT2D eigenvalue weighted by atomic mass is 10.2. The molecule has 0 aliphatic rings. The van der Waals surface area contributed by atoms with Gasteiger partial charge in [0.15, 0.2) is 0 Å². The van der Waals surface area contributed by atoms with Crippen molar-refractivity contribution in [1.82, 2.24) is 4.98 Å². The zero-order valence-corrected chi connectivity index (χ0v) is 10.9. The van der Waals surface area contributed by atoms with Gasteiger partial charge in [-0.15, -0.1) is 0 Å². The molecule has 1 aromatic heterocycles. The molecule has 0 fully saturated rings. The second kappa shape index (κ2) is 5.95. The summed E-state index contributed by atoms with van der Waals surface area (Å²) in [5.41, 5.74) is 0. The van der Waals surface area contributed by atoms with Crippen LogP contribution < -0.4 is 10.1 Å². The molecule has 4 heteroatoms. The van der Waals surface area contributed by atoms with Gasteiger partial charge in [-0.25, -0.2) is 4.98 Å². The molecule has 0 radical (unpaired) electrons. The number of aromatic nitrogens is 1. The maximum Gasteiger partial charge on any atom is 0.137 e. The molecule has 84 valence electrons. The van der Waals surface area contributed by atoms with Gasteiger partial charge in [0, 0.05) is 10.9 Å². The zero-order chi connectivity index (χ0) is 11.3. The van der Waals surface area contributed by atoms with E-state index in [9.17, 15) is 0 Å². The number of hydrogen-bond acceptors (Lipinski definition) is 3. The Hall–Kier alpha value is -0.770. The fourth-order valence-electron chi connectivity index (χ4n) is 1.38. The molecule has 3 nitrogen and oxygen atoms in total. The van der Waals surface area contributed by atoms with Crippen molar-refractivity contribution in [2.24, 2.45) is 0 Å². The van der Waals surface area contributed by atoms with Gasteiger partial charge in [0.2, 0.25) is 0 Å². The third-order valence-corrected chi connectivity index (χ3v) is 2.42. The number of hydrogen-bond donors (Lipinski definition) is 1. The van der Waals surface area contributed by atoms with E-state index < -0.39 is 0 Å². The van der Waals surface area contributed by atoms with Crippen LogP contribution in [0, 0.1) is 0 Å². The predicted molar refractivity (Wildman–Crippen MR) is 66.9 cm³/mol. The van der Waals surface area contributed by atoms with E-state index in [1.807, 2.05) is 12.1 Å². The van der Waals surface area contributed by atoms with Crippen LogP contribution in [0.3, 0.4) is 0 Å². The van der Waals surface area contributed by atoms with Crippen LogP contribution in [0.15, 0.2) is 18.3 Å². The smallest absolute Gasteiger partial charge is 0.137 e. The van der Waals surface area contributed by atoms with Gasteiger partial charge >= 0.3 is 0 Å². The fraction of sp³-hybridized carbons (Fsp3) is 0.545. The summed E-state index contributed by atoms with van der Waals surface area (Å²) in [6.07, 6.45) is 2.78. The Bertz CT molecular complexity index is 287. The molecule has 0 saturated heterocycles. The van der Waals surface area contributed by atoms with Crippen LogP contribution in [-0.2, 0) is 0 Å². The van der Waals surface area contributed by atoms with Gasteiger partial charge in [0.1, 0.15) is 11.6 Å². The number of halogens is 1. The highest BCUT2D eigenvalue weighted by Gasteiger charge is 2.06. The first-order valence-corrected chi connectivity index (χ1v) is 5.94. The summed E-state index contributed by atoms with van der Waals surface area (Å²) in [7, 11) is 1.64. The summed E-state index contributed by atoms with van der Waals surface area (Å²) >= 11 is 3.53. The van der Waals surface area contributed by atoms with Crippen LogP contribution in [0.1, 0.15) is 20.3 Å². The number of alkyl halides is 1. The number of nitrogens with zero attached hydrogens (tertiary/aromatic N) is 1. The molecule has 1 rings (SSSR count). The van der Waals surface area contributed by atoms with E-state index in [4.69, 9.17) is 4.74 Å². The van der Waals surface area contributed by atoms with E-state index in [1.54, 1.807) is 13.3 Å². The first-order chi connectivity index (χ1) is 7.11. The van der Waals surface area contributed by atoms with Crippen LogP contribution in [0.25, 0.3) is 0 Å². The Balaban J connectivity index is 2.49. The maximum absolute atomic E-state index is 5.04. The highest BCUT2D eigenvalue weighted by molar-refractivity contribution is 9.09. The minimum absolute atomic E-state index is 0.403. The maximum atomic E-state index is 5.04. The zero-order valence-electron chi connectivity index (χ0n) is 9.33. The van der Waals surface area contributed by atoms with Crippen molar-refractivity contribution in [3.05, 3.63) is 18.3 Å². The molecule has 0 bridgehead atoms. The molecular weight excluding hydrogens is 256 g/mol. The van der Waals surface area contributed by atoms with Crippen molar-refractivity contribution < 1.29 is 4.74 Å². The quantitative estimate of drug-likeness (QED) is 0.837. The largest absolute Gasteiger partial charge is 0.495 e. The Labute approximate surface area is 99.4 Å². The lowest BCUT2D eigenvalue weighted by Crippen LogP contribution is -2.18. The second-order valence-corrected chi connectivity index (χ2v) is 5.21. The molecule has 1 heterocycles. The number of anilines is 1. The molecule has 0 spiro atoms. The Morgan fingerprint density at radius 3 is 2.67 bits per heavy atom. The normalized spacial score (nSPS) is 14.4. The molecule has 2 atom stereocenters. The number of methoxy groups -OCH3 is 1. The number of pyridine rings is 1. The minimum atomic E-state index is 0.403. The highest BCUT2D eigenvalue weighted by atomic mass is 79.9. The van der Waals surface area contributed by atoms with Crippen molar-refractivity contribution >= 4 is 21.7 Å². The van der Waals surface area contributed by atoms with Gasteiger partial charge in [-0.05, 0) is 25.5 Å². The summed E-state index contributed by atoms with van der Waals surface area (Å²) in [4.78, 5) is 4.76. The monoisotopic (exact) mass is 272 g/mol. The number of nitrogens with one attached hydrogen (secondary N) is 1. The second-order valence-electron chi connectivity index (χ2n) is 3.65. The van der Waals surface area contributed by atoms with E-state index in [0.717, 1.165) is 18.0 Å². The molecule has 15 heavy (non-hydrogen) atoms. The molecule has 2 unspecified atom stereocenters. The van der Waals surface area contributed by atoms with Crippen LogP contribution >= 0.6 is 15.9 Å².